The lowest BCUT2D eigenvalue weighted by atomic mass is 9.99. The monoisotopic (exact) mass is 510 g/mol. The van der Waals surface area contributed by atoms with Gasteiger partial charge in [0.1, 0.15) is 47.2 Å². The normalized spacial score (nSPS) is 22.8. The summed E-state index contributed by atoms with van der Waals surface area (Å²) >= 11 is 0. The molecule has 196 valence electrons. The molecule has 0 aromatic carbocycles. The molecule has 2 aromatic heterocycles. The number of rotatable bonds is 11. The molecule has 0 amide bonds. The van der Waals surface area contributed by atoms with E-state index >= 15 is 0 Å². The van der Waals surface area contributed by atoms with Crippen molar-refractivity contribution in [2.45, 2.75) is 43.5 Å². The van der Waals surface area contributed by atoms with Crippen LogP contribution in [0.1, 0.15) is 29.9 Å². The number of aliphatic hydroxyl groups is 4. The Bertz CT molecular complexity index is 1140. The van der Waals surface area contributed by atoms with Crippen LogP contribution >= 0.6 is 0 Å². The predicted molar refractivity (Wildman–Crippen MR) is 133 cm³/mol. The first-order valence-corrected chi connectivity index (χ1v) is 11.7. The van der Waals surface area contributed by atoms with Crippen molar-refractivity contribution in [3.63, 3.8) is 0 Å². The number of nitrogens with zero attached hydrogens (tertiary/aromatic N) is 2. The van der Waals surface area contributed by atoms with Gasteiger partial charge in [-0.25, -0.2) is 9.97 Å². The van der Waals surface area contributed by atoms with Crippen LogP contribution in [0.5, 0.6) is 11.6 Å². The summed E-state index contributed by atoms with van der Waals surface area (Å²) in [6.07, 6.45) is 1.81. The Morgan fingerprint density at radius 1 is 0.973 bits per heavy atom. The predicted octanol–water partition coefficient (Wildman–Crippen LogP) is 0.398. The maximum absolute atomic E-state index is 9.99. The molecule has 5 atom stereocenters. The van der Waals surface area contributed by atoms with Crippen molar-refractivity contribution < 1.29 is 39.4 Å². The first-order valence-electron chi connectivity index (χ1n) is 11.7. The van der Waals surface area contributed by atoms with Crippen LogP contribution in [-0.4, -0.2) is 87.5 Å². The molecule has 3 heterocycles. The van der Waals surface area contributed by atoms with Crippen LogP contribution in [-0.2, 0) is 9.47 Å². The molecular weight excluding hydrogens is 480 g/mol. The highest BCUT2D eigenvalue weighted by Gasteiger charge is 2.43. The molecule has 10 nitrogen and oxygen atoms in total. The van der Waals surface area contributed by atoms with Gasteiger partial charge in [0.05, 0.1) is 26.4 Å². The van der Waals surface area contributed by atoms with Crippen LogP contribution in [0.3, 0.4) is 0 Å². The fourth-order valence-electron chi connectivity index (χ4n) is 3.32. The molecule has 0 aliphatic carbocycles. The second-order valence-corrected chi connectivity index (χ2v) is 8.02. The minimum absolute atomic E-state index is 0.135. The largest absolute Gasteiger partial charge is 0.493 e. The second kappa shape index (κ2) is 14.3. The van der Waals surface area contributed by atoms with E-state index in [0.29, 0.717) is 48.2 Å². The van der Waals surface area contributed by atoms with Crippen molar-refractivity contribution in [3.05, 3.63) is 60.1 Å². The van der Waals surface area contributed by atoms with E-state index < -0.39 is 37.3 Å². The van der Waals surface area contributed by atoms with Crippen molar-refractivity contribution in [2.75, 3.05) is 26.4 Å². The van der Waals surface area contributed by atoms with Gasteiger partial charge in [-0.1, -0.05) is 18.1 Å². The summed E-state index contributed by atoms with van der Waals surface area (Å²) in [6.45, 7) is 4.00. The molecule has 3 rings (SSSR count). The molecule has 37 heavy (non-hydrogen) atoms. The van der Waals surface area contributed by atoms with E-state index in [0.717, 1.165) is 0 Å². The highest BCUT2D eigenvalue weighted by Crippen LogP contribution is 2.22. The summed E-state index contributed by atoms with van der Waals surface area (Å²) in [4.78, 5) is 8.65. The molecule has 1 aliphatic heterocycles. The van der Waals surface area contributed by atoms with E-state index in [4.69, 9.17) is 25.4 Å². The van der Waals surface area contributed by atoms with Crippen molar-refractivity contribution in [3.8, 4) is 35.8 Å². The fourth-order valence-corrected chi connectivity index (χ4v) is 3.32. The minimum Gasteiger partial charge on any atom is -0.493 e. The highest BCUT2D eigenvalue weighted by atomic mass is 16.7. The van der Waals surface area contributed by atoms with Crippen LogP contribution < -0.4 is 9.47 Å². The zero-order chi connectivity index (χ0) is 26.6. The van der Waals surface area contributed by atoms with Crippen molar-refractivity contribution >= 4 is 0 Å². The number of aliphatic hydroxyl groups excluding tert-OH is 4. The number of terminal acetylenes is 1. The number of hydrogen-bond acceptors (Lipinski definition) is 10. The van der Waals surface area contributed by atoms with Gasteiger partial charge in [0.15, 0.2) is 6.29 Å². The highest BCUT2D eigenvalue weighted by molar-refractivity contribution is 5.43. The number of pyridine rings is 2. The Morgan fingerprint density at radius 2 is 1.76 bits per heavy atom. The van der Waals surface area contributed by atoms with E-state index in [9.17, 15) is 20.4 Å². The van der Waals surface area contributed by atoms with Crippen molar-refractivity contribution in [2.24, 2.45) is 0 Å². The molecule has 0 radical (unpaired) electrons. The molecule has 0 saturated carbocycles. The fraction of sp³-hybridized carbons (Fsp3) is 0.407. The summed E-state index contributed by atoms with van der Waals surface area (Å²) in [5.41, 5.74) is 1.33. The van der Waals surface area contributed by atoms with Gasteiger partial charge in [-0.15, -0.1) is 13.0 Å². The standard InChI is InChI=1S/C27H30N2O8/c1-3-5-12-34-21-15-18(4-2)28-20(16-21)11-10-19-8-6-9-23(29-19)35-13-7-14-36-27-26(33)25(32)24(31)22(17-30)37-27/h2-3,6,8-9,15-16,22,24-27,30-33H,1,5,7,12-14,17H2/t22-,24+,25+,26-,27-/m1/s1. The van der Waals surface area contributed by atoms with E-state index in [1.54, 1.807) is 36.4 Å². The van der Waals surface area contributed by atoms with Gasteiger partial charge in [0.25, 0.3) is 0 Å². The van der Waals surface area contributed by atoms with Crippen LogP contribution in [0, 0.1) is 24.2 Å². The van der Waals surface area contributed by atoms with Crippen molar-refractivity contribution in [1.29, 1.82) is 0 Å². The molecular formula is C27H30N2O8. The Balaban J connectivity index is 1.51. The zero-order valence-corrected chi connectivity index (χ0v) is 20.2. The average molecular weight is 511 g/mol. The molecule has 0 spiro atoms. The molecule has 1 fully saturated rings. The third-order valence-electron chi connectivity index (χ3n) is 5.25. The molecule has 1 aliphatic rings. The van der Waals surface area contributed by atoms with E-state index in [-0.39, 0.29) is 13.2 Å². The van der Waals surface area contributed by atoms with Gasteiger partial charge >= 0.3 is 0 Å². The van der Waals surface area contributed by atoms with Crippen LogP contribution in [0.25, 0.3) is 0 Å². The molecule has 0 bridgehead atoms. The SMILES string of the molecule is C#Cc1cc(OCCC=C)cc(C#Cc2cccc(OCCCO[C@@H]3O[C@H](CO)[C@H](O)[C@H](O)[C@H]3O)n2)n1. The molecule has 2 aromatic rings. The molecule has 1 saturated heterocycles. The molecule has 4 N–H and O–H groups in total. The van der Waals surface area contributed by atoms with E-state index in [1.165, 1.54) is 0 Å². The van der Waals surface area contributed by atoms with E-state index in [2.05, 4.69) is 34.3 Å². The summed E-state index contributed by atoms with van der Waals surface area (Å²) in [5, 5.41) is 38.8. The van der Waals surface area contributed by atoms with Gasteiger partial charge in [0, 0.05) is 24.6 Å². The minimum atomic E-state index is -1.49. The maximum Gasteiger partial charge on any atom is 0.214 e. The van der Waals surface area contributed by atoms with Gasteiger partial charge < -0.3 is 39.4 Å². The Labute approximate surface area is 215 Å². The lowest BCUT2D eigenvalue weighted by Crippen LogP contribution is -2.59. The van der Waals surface area contributed by atoms with E-state index in [1.807, 2.05) is 0 Å². The topological polar surface area (TPSA) is 144 Å². The summed E-state index contributed by atoms with van der Waals surface area (Å²) < 4.78 is 22.0. The molecule has 10 heteroatoms. The third kappa shape index (κ3) is 8.27. The Morgan fingerprint density at radius 3 is 2.51 bits per heavy atom. The lowest BCUT2D eigenvalue weighted by molar-refractivity contribution is -0.301. The number of aromatic nitrogens is 2. The smallest absolute Gasteiger partial charge is 0.214 e. The van der Waals surface area contributed by atoms with Crippen LogP contribution in [0.2, 0.25) is 0 Å². The first-order chi connectivity index (χ1) is 17.9. The average Bonchev–Trinajstić information content (AvgIpc) is 2.92. The maximum atomic E-state index is 9.99. The van der Waals surface area contributed by atoms with Gasteiger partial charge in [-0.3, -0.25) is 0 Å². The second-order valence-electron chi connectivity index (χ2n) is 8.02. The van der Waals surface area contributed by atoms with Crippen LogP contribution in [0.4, 0.5) is 0 Å². The zero-order valence-electron chi connectivity index (χ0n) is 20.2. The van der Waals surface area contributed by atoms with Gasteiger partial charge in [-0.05, 0) is 24.3 Å². The van der Waals surface area contributed by atoms with Crippen LogP contribution in [0.15, 0.2) is 43.0 Å². The summed E-state index contributed by atoms with van der Waals surface area (Å²) in [5.74, 6) is 9.30. The third-order valence-corrected chi connectivity index (χ3v) is 5.25. The first kappa shape index (κ1) is 28.1. The van der Waals surface area contributed by atoms with Gasteiger partial charge in [-0.2, -0.15) is 0 Å². The van der Waals surface area contributed by atoms with Crippen molar-refractivity contribution in [1.82, 2.24) is 9.97 Å². The summed E-state index contributed by atoms with van der Waals surface area (Å²) in [6, 6.07) is 8.54. The Hall–Kier alpha value is -3.48. The lowest BCUT2D eigenvalue weighted by Gasteiger charge is -2.39. The number of ether oxygens (including phenoxy) is 4. The molecule has 0 unspecified atom stereocenters. The quantitative estimate of drug-likeness (QED) is 0.190. The Kier molecular flexibility index (Phi) is 10.9. The van der Waals surface area contributed by atoms with Gasteiger partial charge in [0.2, 0.25) is 5.88 Å². The number of hydrogen-bond donors (Lipinski definition) is 4. The summed E-state index contributed by atoms with van der Waals surface area (Å²) in [7, 11) is 0.